The predicted octanol–water partition coefficient (Wildman–Crippen LogP) is 3.55. The van der Waals surface area contributed by atoms with Crippen LogP contribution in [0.25, 0.3) is 16.8 Å². The quantitative estimate of drug-likeness (QED) is 0.509. The van der Waals surface area contributed by atoms with Crippen LogP contribution in [0.4, 0.5) is 0 Å². The number of likely N-dealkylation sites (tertiary alicyclic amines) is 1. The van der Waals surface area contributed by atoms with E-state index in [2.05, 4.69) is 15.5 Å². The fourth-order valence-corrected chi connectivity index (χ4v) is 4.20. The highest BCUT2D eigenvalue weighted by atomic mass is 35.5. The van der Waals surface area contributed by atoms with E-state index in [1.807, 2.05) is 6.07 Å². The number of benzene rings is 2. The van der Waals surface area contributed by atoms with Crippen molar-refractivity contribution >= 4 is 23.5 Å². The Morgan fingerprint density at radius 2 is 2.03 bits per heavy atom. The molecule has 10 heteroatoms. The third-order valence-corrected chi connectivity index (χ3v) is 5.81. The van der Waals surface area contributed by atoms with Gasteiger partial charge >= 0.3 is 5.97 Å². The number of hydrogen-bond donors (Lipinski definition) is 0. The van der Waals surface area contributed by atoms with Gasteiger partial charge in [0.1, 0.15) is 18.1 Å². The highest BCUT2D eigenvalue weighted by Crippen LogP contribution is 2.35. The van der Waals surface area contributed by atoms with Crippen LogP contribution >= 0.6 is 11.6 Å². The lowest BCUT2D eigenvalue weighted by Gasteiger charge is -2.34. The van der Waals surface area contributed by atoms with Crippen molar-refractivity contribution in [3.63, 3.8) is 0 Å². The first kappa shape index (κ1) is 22.7. The van der Waals surface area contributed by atoms with E-state index in [1.54, 1.807) is 49.3 Å². The molecule has 1 atom stereocenters. The second-order valence-electron chi connectivity index (χ2n) is 7.63. The van der Waals surface area contributed by atoms with E-state index in [9.17, 15) is 9.59 Å². The number of halogens is 1. The standard InChI is InChI=1S/C23H24ClN5O4/c1-3-33-23(31)20-6-4-5-9-28(20)22(30)16-10-15(11-18(12-16)29-14-25-26-27-29)19-13-17(24)7-8-21(19)32-2/h7-8,10-14,20H,3-6,9H2,1-2H3. The highest BCUT2D eigenvalue weighted by Gasteiger charge is 2.34. The average molecular weight is 470 g/mol. The summed E-state index contributed by atoms with van der Waals surface area (Å²) in [5.41, 5.74) is 2.41. The lowest BCUT2D eigenvalue weighted by Crippen LogP contribution is -2.48. The van der Waals surface area contributed by atoms with Gasteiger partial charge in [0.2, 0.25) is 0 Å². The van der Waals surface area contributed by atoms with Gasteiger partial charge in [-0.05, 0) is 78.6 Å². The molecule has 33 heavy (non-hydrogen) atoms. The van der Waals surface area contributed by atoms with Gasteiger partial charge in [-0.2, -0.15) is 0 Å². The molecule has 2 heterocycles. The summed E-state index contributed by atoms with van der Waals surface area (Å²) in [6.07, 6.45) is 3.71. The van der Waals surface area contributed by atoms with E-state index in [0.717, 1.165) is 18.4 Å². The largest absolute Gasteiger partial charge is 0.496 e. The number of esters is 1. The minimum Gasteiger partial charge on any atom is -0.496 e. The van der Waals surface area contributed by atoms with E-state index in [4.69, 9.17) is 21.1 Å². The molecule has 1 aromatic heterocycles. The van der Waals surface area contributed by atoms with Gasteiger partial charge in [-0.3, -0.25) is 4.79 Å². The van der Waals surface area contributed by atoms with Crippen molar-refractivity contribution in [3.05, 3.63) is 53.3 Å². The normalized spacial score (nSPS) is 15.8. The molecule has 1 saturated heterocycles. The summed E-state index contributed by atoms with van der Waals surface area (Å²) >= 11 is 6.25. The molecule has 4 rings (SSSR count). The third kappa shape index (κ3) is 4.83. The van der Waals surface area contributed by atoms with Crippen molar-refractivity contribution in [2.45, 2.75) is 32.2 Å². The fourth-order valence-electron chi connectivity index (χ4n) is 4.03. The van der Waals surface area contributed by atoms with Crippen molar-refractivity contribution in [1.82, 2.24) is 25.1 Å². The first-order chi connectivity index (χ1) is 16.0. The van der Waals surface area contributed by atoms with E-state index in [0.29, 0.717) is 40.6 Å². The minimum atomic E-state index is -0.605. The van der Waals surface area contributed by atoms with Gasteiger partial charge in [-0.15, -0.1) is 5.10 Å². The minimum absolute atomic E-state index is 0.259. The Hall–Kier alpha value is -3.46. The van der Waals surface area contributed by atoms with E-state index in [1.165, 1.54) is 11.0 Å². The van der Waals surface area contributed by atoms with Gasteiger partial charge < -0.3 is 14.4 Å². The van der Waals surface area contributed by atoms with E-state index < -0.39 is 6.04 Å². The molecular weight excluding hydrogens is 446 g/mol. The highest BCUT2D eigenvalue weighted by molar-refractivity contribution is 6.31. The topological polar surface area (TPSA) is 99.4 Å². The number of carbonyl (C=O) groups is 2. The van der Waals surface area contributed by atoms with Crippen LogP contribution in [0.5, 0.6) is 5.75 Å². The lowest BCUT2D eigenvalue weighted by molar-refractivity contribution is -0.149. The van der Waals surface area contributed by atoms with E-state index in [-0.39, 0.29) is 18.5 Å². The van der Waals surface area contributed by atoms with Crippen molar-refractivity contribution in [3.8, 4) is 22.6 Å². The smallest absolute Gasteiger partial charge is 0.328 e. The summed E-state index contributed by atoms with van der Waals surface area (Å²) in [6, 6.07) is 9.99. The number of methoxy groups -OCH3 is 1. The molecule has 0 aliphatic carbocycles. The molecule has 1 unspecified atom stereocenters. The number of aromatic nitrogens is 4. The van der Waals surface area contributed by atoms with Crippen molar-refractivity contribution in [1.29, 1.82) is 0 Å². The first-order valence-corrected chi connectivity index (χ1v) is 11.1. The van der Waals surface area contributed by atoms with Crippen molar-refractivity contribution < 1.29 is 19.1 Å². The zero-order chi connectivity index (χ0) is 23.4. The Kier molecular flexibility index (Phi) is 6.88. The summed E-state index contributed by atoms with van der Waals surface area (Å²) < 4.78 is 12.2. The molecule has 9 nitrogen and oxygen atoms in total. The summed E-state index contributed by atoms with van der Waals surface area (Å²) in [7, 11) is 1.57. The fraction of sp³-hybridized carbons (Fsp3) is 0.348. The molecule has 1 aliphatic rings. The van der Waals surface area contributed by atoms with Gasteiger partial charge in [0, 0.05) is 22.7 Å². The zero-order valence-corrected chi connectivity index (χ0v) is 19.2. The second kappa shape index (κ2) is 9.99. The molecule has 0 N–H and O–H groups in total. The number of nitrogens with zero attached hydrogens (tertiary/aromatic N) is 5. The molecule has 3 aromatic rings. The Labute approximate surface area is 196 Å². The maximum absolute atomic E-state index is 13.6. The second-order valence-corrected chi connectivity index (χ2v) is 8.07. The van der Waals surface area contributed by atoms with Crippen molar-refractivity contribution in [2.75, 3.05) is 20.3 Å². The van der Waals surface area contributed by atoms with Crippen LogP contribution in [-0.4, -0.2) is 63.3 Å². The monoisotopic (exact) mass is 469 g/mol. The third-order valence-electron chi connectivity index (χ3n) is 5.57. The van der Waals surface area contributed by atoms with Gasteiger partial charge in [-0.1, -0.05) is 11.6 Å². The summed E-state index contributed by atoms with van der Waals surface area (Å²) in [6.45, 7) is 2.51. The molecule has 0 radical (unpaired) electrons. The number of carbonyl (C=O) groups excluding carboxylic acids is 2. The summed E-state index contributed by atoms with van der Waals surface area (Å²) in [5, 5.41) is 11.9. The number of hydrogen-bond acceptors (Lipinski definition) is 7. The molecule has 0 saturated carbocycles. The number of amides is 1. The van der Waals surface area contributed by atoms with Crippen LogP contribution in [0.3, 0.4) is 0 Å². The molecule has 172 valence electrons. The van der Waals surface area contributed by atoms with Crippen LogP contribution in [0.1, 0.15) is 36.5 Å². The maximum Gasteiger partial charge on any atom is 0.328 e. The summed E-state index contributed by atoms with van der Waals surface area (Å²) in [5.74, 6) is -0.0297. The van der Waals surface area contributed by atoms with Gasteiger partial charge in [0.15, 0.2) is 0 Å². The molecule has 1 fully saturated rings. The molecule has 1 aliphatic heterocycles. The first-order valence-electron chi connectivity index (χ1n) is 10.7. The number of ether oxygens (including phenoxy) is 2. The van der Waals surface area contributed by atoms with Crippen LogP contribution in [0, 0.1) is 0 Å². The SMILES string of the molecule is CCOC(=O)C1CCCCN1C(=O)c1cc(-c2cc(Cl)ccc2OC)cc(-n2cnnn2)c1. The van der Waals surface area contributed by atoms with Crippen LogP contribution < -0.4 is 4.74 Å². The zero-order valence-electron chi connectivity index (χ0n) is 18.4. The van der Waals surface area contributed by atoms with Gasteiger partial charge in [-0.25, -0.2) is 9.48 Å². The maximum atomic E-state index is 13.6. The van der Waals surface area contributed by atoms with Crippen molar-refractivity contribution in [2.24, 2.45) is 0 Å². The Morgan fingerprint density at radius 1 is 1.18 bits per heavy atom. The number of piperidine rings is 1. The van der Waals surface area contributed by atoms with Gasteiger partial charge in [0.05, 0.1) is 19.4 Å². The predicted molar refractivity (Wildman–Crippen MR) is 121 cm³/mol. The summed E-state index contributed by atoms with van der Waals surface area (Å²) in [4.78, 5) is 27.8. The molecule has 1 amide bonds. The number of tetrazole rings is 1. The van der Waals surface area contributed by atoms with Crippen LogP contribution in [0.15, 0.2) is 42.7 Å². The lowest BCUT2D eigenvalue weighted by atomic mass is 9.97. The number of rotatable bonds is 6. The van der Waals surface area contributed by atoms with Crippen LogP contribution in [0.2, 0.25) is 5.02 Å². The Morgan fingerprint density at radius 3 is 2.76 bits per heavy atom. The molecular formula is C23H24ClN5O4. The average Bonchev–Trinajstić information content (AvgIpc) is 3.38. The molecule has 2 aromatic carbocycles. The van der Waals surface area contributed by atoms with E-state index >= 15 is 0 Å². The molecule has 0 spiro atoms. The molecule has 0 bridgehead atoms. The Bertz CT molecular complexity index is 1150. The Balaban J connectivity index is 1.80. The van der Waals surface area contributed by atoms with Gasteiger partial charge in [0.25, 0.3) is 5.91 Å². The van der Waals surface area contributed by atoms with Crippen LogP contribution in [-0.2, 0) is 9.53 Å².